The van der Waals surface area contributed by atoms with Gasteiger partial charge in [0.2, 0.25) is 10.0 Å². The molecule has 0 aliphatic heterocycles. The van der Waals surface area contributed by atoms with Gasteiger partial charge in [-0.3, -0.25) is 0 Å². The van der Waals surface area contributed by atoms with Crippen LogP contribution in [-0.2, 0) is 10.0 Å². The van der Waals surface area contributed by atoms with Crippen LogP contribution in [0.2, 0.25) is 0 Å². The van der Waals surface area contributed by atoms with Crippen LogP contribution in [0.25, 0.3) is 27.8 Å². The van der Waals surface area contributed by atoms with Crippen LogP contribution in [0.4, 0.5) is 0 Å². The highest BCUT2D eigenvalue weighted by molar-refractivity contribution is 7.89. The van der Waals surface area contributed by atoms with Crippen molar-refractivity contribution in [1.29, 1.82) is 0 Å². The van der Waals surface area contributed by atoms with Gasteiger partial charge in [-0.05, 0) is 44.4 Å². The van der Waals surface area contributed by atoms with Gasteiger partial charge in [0, 0.05) is 22.4 Å². The van der Waals surface area contributed by atoms with Crippen molar-refractivity contribution in [2.75, 3.05) is 0 Å². The summed E-state index contributed by atoms with van der Waals surface area (Å²) in [5.41, 5.74) is 3.15. The van der Waals surface area contributed by atoms with Gasteiger partial charge in [-0.15, -0.1) is 10.2 Å². The molecule has 7 nitrogen and oxygen atoms in total. The zero-order valence-electron chi connectivity index (χ0n) is 17.7. The first-order valence-electron chi connectivity index (χ1n) is 10.7. The third-order valence-electron chi connectivity index (χ3n) is 6.14. The minimum absolute atomic E-state index is 0.00751. The van der Waals surface area contributed by atoms with Crippen molar-refractivity contribution >= 4 is 26.4 Å². The van der Waals surface area contributed by atoms with Gasteiger partial charge in [0.1, 0.15) is 0 Å². The van der Waals surface area contributed by atoms with Crippen LogP contribution in [0, 0.1) is 13.8 Å². The van der Waals surface area contributed by atoms with Crippen molar-refractivity contribution < 1.29 is 8.42 Å². The molecule has 2 aromatic carbocycles. The molecule has 4 aromatic rings. The molecule has 2 aromatic heterocycles. The quantitative estimate of drug-likeness (QED) is 0.520. The molecular formula is C23H25N5O2S. The molecule has 31 heavy (non-hydrogen) atoms. The second-order valence-corrected chi connectivity index (χ2v) is 10.0. The largest absolute Gasteiger partial charge is 0.240 e. The van der Waals surface area contributed by atoms with Crippen molar-refractivity contribution in [2.24, 2.45) is 0 Å². The molecule has 1 N–H and O–H groups in total. The summed E-state index contributed by atoms with van der Waals surface area (Å²) in [6, 6.07) is 13.1. The lowest BCUT2D eigenvalue weighted by Gasteiger charge is -2.22. The van der Waals surface area contributed by atoms with Crippen LogP contribution in [0.5, 0.6) is 0 Å². The zero-order valence-corrected chi connectivity index (χ0v) is 18.5. The van der Waals surface area contributed by atoms with Crippen molar-refractivity contribution in [3.63, 3.8) is 0 Å². The summed E-state index contributed by atoms with van der Waals surface area (Å²) in [4.78, 5) is 0.243. The van der Waals surface area contributed by atoms with Crippen LogP contribution in [0.15, 0.2) is 47.4 Å². The van der Waals surface area contributed by atoms with E-state index in [1.807, 2.05) is 44.2 Å². The number of nitrogens with zero attached hydrogens (tertiary/aromatic N) is 4. The van der Waals surface area contributed by atoms with Gasteiger partial charge < -0.3 is 0 Å². The van der Waals surface area contributed by atoms with Gasteiger partial charge in [0.05, 0.1) is 10.6 Å². The zero-order chi connectivity index (χ0) is 21.6. The minimum atomic E-state index is -3.61. The molecule has 1 aliphatic rings. The van der Waals surface area contributed by atoms with Crippen molar-refractivity contribution in [2.45, 2.75) is 56.9 Å². The lowest BCUT2D eigenvalue weighted by molar-refractivity contribution is 0.412. The molecule has 1 fully saturated rings. The Morgan fingerprint density at radius 2 is 1.71 bits per heavy atom. The first-order valence-corrected chi connectivity index (χ1v) is 12.2. The van der Waals surface area contributed by atoms with Crippen molar-refractivity contribution in [3.8, 4) is 11.4 Å². The Kier molecular flexibility index (Phi) is 4.98. The molecule has 1 saturated carbocycles. The predicted octanol–water partition coefficient (Wildman–Crippen LogP) is 4.17. The standard InChI is InChI=1S/C23H25N5O2S/c1-15-12-13-18(31(29,30)27-17-8-4-3-5-9-17)14-21(15)23-25-24-22-20-11-7-6-10-19(20)16(2)26-28(22)23/h6-7,10-14,17,27H,3-5,8-9H2,1-2H3. The highest BCUT2D eigenvalue weighted by atomic mass is 32.2. The molecule has 0 amide bonds. The topological polar surface area (TPSA) is 89.2 Å². The number of benzene rings is 2. The number of aromatic nitrogens is 4. The molecule has 1 aliphatic carbocycles. The average molecular weight is 436 g/mol. The number of fused-ring (bicyclic) bond motifs is 3. The number of sulfonamides is 1. The maximum Gasteiger partial charge on any atom is 0.240 e. The van der Waals surface area contributed by atoms with E-state index in [1.54, 1.807) is 16.6 Å². The second kappa shape index (κ2) is 7.69. The van der Waals surface area contributed by atoms with Gasteiger partial charge in [-0.1, -0.05) is 49.6 Å². The highest BCUT2D eigenvalue weighted by Crippen LogP contribution is 2.29. The molecule has 0 radical (unpaired) electrons. The first kappa shape index (κ1) is 20.1. The van der Waals surface area contributed by atoms with Gasteiger partial charge >= 0.3 is 0 Å². The maximum absolute atomic E-state index is 13.1. The van der Waals surface area contributed by atoms with Gasteiger partial charge in [-0.25, -0.2) is 13.1 Å². The minimum Gasteiger partial charge on any atom is -0.208 e. The van der Waals surface area contributed by atoms with Crippen LogP contribution in [-0.4, -0.2) is 34.3 Å². The summed E-state index contributed by atoms with van der Waals surface area (Å²) in [5.74, 6) is 0.538. The average Bonchev–Trinajstić information content (AvgIpc) is 3.18. The molecule has 0 bridgehead atoms. The summed E-state index contributed by atoms with van der Waals surface area (Å²) in [5, 5.41) is 15.5. The Bertz CT molecular complexity index is 1390. The number of nitrogens with one attached hydrogen (secondary N) is 1. The molecule has 0 unspecified atom stereocenters. The molecule has 2 heterocycles. The van der Waals surface area contributed by atoms with E-state index in [9.17, 15) is 8.42 Å². The van der Waals surface area contributed by atoms with Crippen LogP contribution in [0.1, 0.15) is 43.4 Å². The van der Waals surface area contributed by atoms with Crippen LogP contribution >= 0.6 is 0 Å². The molecule has 0 spiro atoms. The van der Waals surface area contributed by atoms with Crippen LogP contribution < -0.4 is 4.72 Å². The van der Waals surface area contributed by atoms with E-state index in [4.69, 9.17) is 5.10 Å². The summed E-state index contributed by atoms with van der Waals surface area (Å²) in [6.07, 6.45) is 5.09. The number of hydrogen-bond acceptors (Lipinski definition) is 5. The van der Waals surface area contributed by atoms with E-state index in [-0.39, 0.29) is 10.9 Å². The fourth-order valence-electron chi connectivity index (χ4n) is 4.42. The Hall–Kier alpha value is -2.84. The van der Waals surface area contributed by atoms with Gasteiger partial charge in [0.25, 0.3) is 0 Å². The molecular weight excluding hydrogens is 410 g/mol. The smallest absolute Gasteiger partial charge is 0.208 e. The molecule has 0 atom stereocenters. The third kappa shape index (κ3) is 3.59. The number of hydrogen-bond donors (Lipinski definition) is 1. The monoisotopic (exact) mass is 435 g/mol. The number of aryl methyl sites for hydroxylation is 2. The lowest BCUT2D eigenvalue weighted by atomic mass is 9.96. The molecule has 160 valence electrons. The SMILES string of the molecule is Cc1ccc(S(=O)(=O)NC2CCCCC2)cc1-c1nnc2c3ccccc3c(C)nn12. The van der Waals surface area contributed by atoms with Crippen LogP contribution in [0.3, 0.4) is 0 Å². The van der Waals surface area contributed by atoms with E-state index in [0.717, 1.165) is 47.7 Å². The highest BCUT2D eigenvalue weighted by Gasteiger charge is 2.24. The predicted molar refractivity (Wildman–Crippen MR) is 120 cm³/mol. The van der Waals surface area contributed by atoms with Crippen molar-refractivity contribution in [3.05, 3.63) is 53.7 Å². The maximum atomic E-state index is 13.1. The van der Waals surface area contributed by atoms with E-state index in [1.165, 1.54) is 6.42 Å². The Labute approximate surface area is 181 Å². The van der Waals surface area contributed by atoms with Gasteiger partial charge in [0.15, 0.2) is 11.5 Å². The fourth-order valence-corrected chi connectivity index (χ4v) is 5.76. The van der Waals surface area contributed by atoms with E-state index < -0.39 is 10.0 Å². The van der Waals surface area contributed by atoms with E-state index in [2.05, 4.69) is 14.9 Å². The summed E-state index contributed by atoms with van der Waals surface area (Å²) in [6.45, 7) is 3.89. The summed E-state index contributed by atoms with van der Waals surface area (Å²) >= 11 is 0. The Morgan fingerprint density at radius 3 is 2.48 bits per heavy atom. The summed E-state index contributed by atoms with van der Waals surface area (Å²) < 4.78 is 30.7. The molecule has 0 saturated heterocycles. The summed E-state index contributed by atoms with van der Waals surface area (Å²) in [7, 11) is -3.61. The van der Waals surface area contributed by atoms with E-state index >= 15 is 0 Å². The first-order chi connectivity index (χ1) is 14.9. The molecule has 8 heteroatoms. The fraction of sp³-hybridized carbons (Fsp3) is 0.348. The number of rotatable bonds is 4. The third-order valence-corrected chi connectivity index (χ3v) is 7.65. The Morgan fingerprint density at radius 1 is 0.968 bits per heavy atom. The second-order valence-electron chi connectivity index (χ2n) is 8.32. The van der Waals surface area contributed by atoms with Gasteiger partial charge in [-0.2, -0.15) is 9.61 Å². The van der Waals surface area contributed by atoms with E-state index in [0.29, 0.717) is 17.0 Å². The lowest BCUT2D eigenvalue weighted by Crippen LogP contribution is -2.36. The Balaban J connectivity index is 1.60. The normalized spacial score (nSPS) is 15.7. The van der Waals surface area contributed by atoms with Crippen molar-refractivity contribution in [1.82, 2.24) is 24.5 Å². The molecule has 5 rings (SSSR count).